The molecule has 2 atom stereocenters. The predicted molar refractivity (Wildman–Crippen MR) is 44.9 cm³/mol. The van der Waals surface area contributed by atoms with E-state index in [0.717, 1.165) is 13.1 Å². The van der Waals surface area contributed by atoms with E-state index in [1.807, 2.05) is 16.9 Å². The first-order chi connectivity index (χ1) is 5.92. The maximum atomic E-state index is 5.32. The zero-order chi connectivity index (χ0) is 8.39. The maximum Gasteiger partial charge on any atom is 0.0931 e. The van der Waals surface area contributed by atoms with Crippen LogP contribution in [0.15, 0.2) is 18.5 Å². The SMILES string of the molecule is CO[C@H]1CNC[C@H]1n1cccn1. The molecule has 0 unspecified atom stereocenters. The van der Waals surface area contributed by atoms with Crippen molar-refractivity contribution in [2.24, 2.45) is 0 Å². The van der Waals surface area contributed by atoms with E-state index in [1.54, 1.807) is 13.3 Å². The van der Waals surface area contributed by atoms with Crippen LogP contribution >= 0.6 is 0 Å². The number of ether oxygens (including phenoxy) is 1. The van der Waals surface area contributed by atoms with Gasteiger partial charge >= 0.3 is 0 Å². The molecule has 1 fully saturated rings. The van der Waals surface area contributed by atoms with Crippen molar-refractivity contribution >= 4 is 0 Å². The van der Waals surface area contributed by atoms with E-state index in [4.69, 9.17) is 4.74 Å². The zero-order valence-electron chi connectivity index (χ0n) is 7.10. The molecule has 4 heteroatoms. The molecular formula is C8H13N3O. The van der Waals surface area contributed by atoms with E-state index in [0.29, 0.717) is 6.04 Å². The van der Waals surface area contributed by atoms with Gasteiger partial charge in [-0.2, -0.15) is 5.10 Å². The average Bonchev–Trinajstić information content (AvgIpc) is 2.74. The third kappa shape index (κ3) is 1.23. The first-order valence-corrected chi connectivity index (χ1v) is 4.14. The fraction of sp³-hybridized carbons (Fsp3) is 0.625. The molecule has 0 aliphatic carbocycles. The van der Waals surface area contributed by atoms with Crippen LogP contribution in [-0.2, 0) is 4.74 Å². The summed E-state index contributed by atoms with van der Waals surface area (Å²) in [7, 11) is 1.74. The minimum atomic E-state index is 0.255. The van der Waals surface area contributed by atoms with E-state index in [-0.39, 0.29) is 6.10 Å². The number of methoxy groups -OCH3 is 1. The van der Waals surface area contributed by atoms with Crippen LogP contribution < -0.4 is 5.32 Å². The summed E-state index contributed by atoms with van der Waals surface area (Å²) in [5.74, 6) is 0. The summed E-state index contributed by atoms with van der Waals surface area (Å²) < 4.78 is 7.28. The molecule has 2 heterocycles. The molecule has 1 aliphatic rings. The van der Waals surface area contributed by atoms with Crippen molar-refractivity contribution in [3.8, 4) is 0 Å². The summed E-state index contributed by atoms with van der Waals surface area (Å²) in [5, 5.41) is 7.47. The largest absolute Gasteiger partial charge is 0.378 e. The highest BCUT2D eigenvalue weighted by atomic mass is 16.5. The van der Waals surface area contributed by atoms with Crippen molar-refractivity contribution in [2.75, 3.05) is 20.2 Å². The second kappa shape index (κ2) is 3.25. The lowest BCUT2D eigenvalue weighted by atomic mass is 10.2. The molecular weight excluding hydrogens is 154 g/mol. The normalized spacial score (nSPS) is 29.4. The molecule has 4 nitrogen and oxygen atoms in total. The highest BCUT2D eigenvalue weighted by Gasteiger charge is 2.28. The van der Waals surface area contributed by atoms with Crippen LogP contribution in [0.2, 0.25) is 0 Å². The Morgan fingerprint density at radius 2 is 2.50 bits per heavy atom. The van der Waals surface area contributed by atoms with Gasteiger partial charge < -0.3 is 10.1 Å². The zero-order valence-corrected chi connectivity index (χ0v) is 7.10. The Morgan fingerprint density at radius 1 is 1.58 bits per heavy atom. The van der Waals surface area contributed by atoms with Crippen LogP contribution in [0.25, 0.3) is 0 Å². The second-order valence-corrected chi connectivity index (χ2v) is 2.99. The van der Waals surface area contributed by atoms with Gasteiger partial charge in [-0.1, -0.05) is 0 Å². The molecule has 0 bridgehead atoms. The number of nitrogens with zero attached hydrogens (tertiary/aromatic N) is 2. The number of aromatic nitrogens is 2. The Morgan fingerprint density at radius 3 is 3.17 bits per heavy atom. The highest BCUT2D eigenvalue weighted by molar-refractivity contribution is 4.90. The third-order valence-electron chi connectivity index (χ3n) is 2.30. The molecule has 1 aromatic heterocycles. The van der Waals surface area contributed by atoms with Gasteiger partial charge in [0.05, 0.1) is 12.1 Å². The topological polar surface area (TPSA) is 39.1 Å². The number of hydrogen-bond donors (Lipinski definition) is 1. The standard InChI is InChI=1S/C8H13N3O/c1-12-8-6-9-5-7(8)11-4-2-3-10-11/h2-4,7-9H,5-6H2,1H3/t7-,8+/m1/s1. The summed E-state index contributed by atoms with van der Waals surface area (Å²) in [5.41, 5.74) is 0. The van der Waals surface area contributed by atoms with Gasteiger partial charge in [0.15, 0.2) is 0 Å². The summed E-state index contributed by atoms with van der Waals surface area (Å²) >= 11 is 0. The van der Waals surface area contributed by atoms with Crippen LogP contribution in [-0.4, -0.2) is 36.1 Å². The molecule has 1 N–H and O–H groups in total. The minimum absolute atomic E-state index is 0.255. The molecule has 0 saturated carbocycles. The van der Waals surface area contributed by atoms with E-state index in [1.165, 1.54) is 0 Å². The van der Waals surface area contributed by atoms with Crippen LogP contribution in [0, 0.1) is 0 Å². The third-order valence-corrected chi connectivity index (χ3v) is 2.30. The van der Waals surface area contributed by atoms with Crippen molar-refractivity contribution in [1.29, 1.82) is 0 Å². The van der Waals surface area contributed by atoms with Gasteiger partial charge in [0.2, 0.25) is 0 Å². The van der Waals surface area contributed by atoms with Gasteiger partial charge in [-0.05, 0) is 6.07 Å². The number of nitrogens with one attached hydrogen (secondary N) is 1. The molecule has 0 spiro atoms. The average molecular weight is 167 g/mol. The van der Waals surface area contributed by atoms with Crippen molar-refractivity contribution in [2.45, 2.75) is 12.1 Å². The molecule has 66 valence electrons. The van der Waals surface area contributed by atoms with Gasteiger partial charge in [0.25, 0.3) is 0 Å². The van der Waals surface area contributed by atoms with Crippen LogP contribution in [0.4, 0.5) is 0 Å². The van der Waals surface area contributed by atoms with E-state index in [9.17, 15) is 0 Å². The van der Waals surface area contributed by atoms with Crippen LogP contribution in [0.3, 0.4) is 0 Å². The molecule has 12 heavy (non-hydrogen) atoms. The van der Waals surface area contributed by atoms with E-state index < -0.39 is 0 Å². The van der Waals surface area contributed by atoms with E-state index in [2.05, 4.69) is 10.4 Å². The summed E-state index contributed by atoms with van der Waals surface area (Å²) in [6.45, 7) is 1.86. The lowest BCUT2D eigenvalue weighted by Crippen LogP contribution is -2.24. The molecule has 1 saturated heterocycles. The van der Waals surface area contributed by atoms with E-state index >= 15 is 0 Å². The summed E-state index contributed by atoms with van der Waals surface area (Å²) in [4.78, 5) is 0. The molecule has 0 amide bonds. The Hall–Kier alpha value is -0.870. The van der Waals surface area contributed by atoms with Gasteiger partial charge in [-0.3, -0.25) is 4.68 Å². The fourth-order valence-corrected chi connectivity index (χ4v) is 1.62. The van der Waals surface area contributed by atoms with Gasteiger partial charge in [-0.15, -0.1) is 0 Å². The number of rotatable bonds is 2. The monoisotopic (exact) mass is 167 g/mol. The van der Waals surface area contributed by atoms with Crippen molar-refractivity contribution in [3.05, 3.63) is 18.5 Å². The summed E-state index contributed by atoms with van der Waals surface area (Å²) in [6, 6.07) is 2.29. The quantitative estimate of drug-likeness (QED) is 0.676. The fourth-order valence-electron chi connectivity index (χ4n) is 1.62. The van der Waals surface area contributed by atoms with Crippen molar-refractivity contribution in [1.82, 2.24) is 15.1 Å². The molecule has 1 aromatic rings. The molecule has 0 radical (unpaired) electrons. The maximum absolute atomic E-state index is 5.32. The van der Waals surface area contributed by atoms with Gasteiger partial charge in [0.1, 0.15) is 0 Å². The van der Waals surface area contributed by atoms with Crippen molar-refractivity contribution < 1.29 is 4.74 Å². The van der Waals surface area contributed by atoms with Crippen molar-refractivity contribution in [3.63, 3.8) is 0 Å². The smallest absolute Gasteiger partial charge is 0.0931 e. The Kier molecular flexibility index (Phi) is 2.10. The number of hydrogen-bond acceptors (Lipinski definition) is 3. The first-order valence-electron chi connectivity index (χ1n) is 4.14. The minimum Gasteiger partial charge on any atom is -0.378 e. The molecule has 0 aromatic carbocycles. The Labute approximate surface area is 71.5 Å². The van der Waals surface area contributed by atoms with Gasteiger partial charge in [-0.25, -0.2) is 0 Å². The lowest BCUT2D eigenvalue weighted by Gasteiger charge is -2.16. The van der Waals surface area contributed by atoms with Crippen LogP contribution in [0.1, 0.15) is 6.04 Å². The predicted octanol–water partition coefficient (Wildman–Crippen LogP) is 0.0424. The summed E-state index contributed by atoms with van der Waals surface area (Å²) in [6.07, 6.45) is 4.03. The molecule has 1 aliphatic heterocycles. The Balaban J connectivity index is 2.13. The lowest BCUT2D eigenvalue weighted by molar-refractivity contribution is 0.0826. The second-order valence-electron chi connectivity index (χ2n) is 2.99. The van der Waals surface area contributed by atoms with Gasteiger partial charge in [0, 0.05) is 32.6 Å². The first kappa shape index (κ1) is 7.76. The Bertz CT molecular complexity index is 234. The van der Waals surface area contributed by atoms with Crippen LogP contribution in [0.5, 0.6) is 0 Å². The molecule has 2 rings (SSSR count). The highest BCUT2D eigenvalue weighted by Crippen LogP contribution is 2.16.